The van der Waals surface area contributed by atoms with Crippen LogP contribution >= 0.6 is 0 Å². The molecule has 6 heteroatoms. The number of hydrogen-bond acceptors (Lipinski definition) is 4. The first-order valence-corrected chi connectivity index (χ1v) is 11.9. The summed E-state index contributed by atoms with van der Waals surface area (Å²) in [5.41, 5.74) is 8.97. The number of amides is 1. The van der Waals surface area contributed by atoms with Gasteiger partial charge in [0, 0.05) is 37.6 Å². The molecule has 168 valence electrons. The van der Waals surface area contributed by atoms with Gasteiger partial charge in [-0.3, -0.25) is 4.79 Å². The quantitative estimate of drug-likeness (QED) is 0.513. The molecule has 4 rings (SSSR count). The molecule has 0 unspecified atom stereocenters. The highest BCUT2D eigenvalue weighted by Crippen LogP contribution is 2.35. The lowest BCUT2D eigenvalue weighted by Crippen LogP contribution is -2.42. The van der Waals surface area contributed by atoms with Crippen LogP contribution in [0.2, 0.25) is 0 Å². The second-order valence-corrected chi connectivity index (χ2v) is 9.19. The van der Waals surface area contributed by atoms with E-state index in [1.165, 1.54) is 44.9 Å². The van der Waals surface area contributed by atoms with Crippen molar-refractivity contribution in [1.29, 1.82) is 0 Å². The monoisotopic (exact) mass is 423 g/mol. The second-order valence-electron chi connectivity index (χ2n) is 9.19. The third-order valence-corrected chi connectivity index (χ3v) is 6.91. The summed E-state index contributed by atoms with van der Waals surface area (Å²) in [7, 11) is 1.70. The van der Waals surface area contributed by atoms with E-state index in [1.807, 2.05) is 30.3 Å². The normalized spacial score (nSPS) is 22.1. The van der Waals surface area contributed by atoms with Crippen LogP contribution < -0.4 is 21.7 Å². The van der Waals surface area contributed by atoms with Crippen molar-refractivity contribution >= 4 is 23.1 Å². The number of aromatic nitrogens is 1. The Hall–Kier alpha value is -2.47. The summed E-state index contributed by atoms with van der Waals surface area (Å²) >= 11 is 0. The summed E-state index contributed by atoms with van der Waals surface area (Å²) in [6.45, 7) is 0.928. The molecule has 0 bridgehead atoms. The molecule has 0 aliphatic heterocycles. The van der Waals surface area contributed by atoms with Gasteiger partial charge in [0.15, 0.2) is 0 Å². The van der Waals surface area contributed by atoms with Gasteiger partial charge in [0.1, 0.15) is 11.4 Å². The van der Waals surface area contributed by atoms with Crippen LogP contribution in [0, 0.1) is 5.92 Å². The Morgan fingerprint density at radius 2 is 1.74 bits per heavy atom. The second kappa shape index (κ2) is 10.2. The molecule has 2 atom stereocenters. The Labute approximate surface area is 186 Å². The van der Waals surface area contributed by atoms with Crippen molar-refractivity contribution in [2.75, 3.05) is 17.7 Å². The molecule has 2 saturated carbocycles. The molecule has 1 aromatic heterocycles. The number of carbonyl (C=O) groups is 1. The fourth-order valence-corrected chi connectivity index (χ4v) is 5.14. The topological polar surface area (TPSA) is 84.1 Å². The summed E-state index contributed by atoms with van der Waals surface area (Å²) in [4.78, 5) is 13.0. The summed E-state index contributed by atoms with van der Waals surface area (Å²) in [5, 5.41) is 10.0. The highest BCUT2D eigenvalue weighted by atomic mass is 16.1. The number of nitrogens with two attached hydrogens (primary N) is 1. The lowest BCUT2D eigenvalue weighted by atomic mass is 9.89. The Balaban J connectivity index is 1.70. The molecule has 2 aliphatic rings. The first-order chi connectivity index (χ1) is 15.2. The van der Waals surface area contributed by atoms with Crippen molar-refractivity contribution in [2.24, 2.45) is 11.7 Å². The predicted molar refractivity (Wildman–Crippen MR) is 128 cm³/mol. The average molecular weight is 424 g/mol. The van der Waals surface area contributed by atoms with Crippen molar-refractivity contribution in [2.45, 2.75) is 76.4 Å². The summed E-state index contributed by atoms with van der Waals surface area (Å²) in [6.07, 6.45) is 13.0. The van der Waals surface area contributed by atoms with E-state index in [0.717, 1.165) is 36.6 Å². The zero-order chi connectivity index (χ0) is 21.6. The van der Waals surface area contributed by atoms with Gasteiger partial charge in [-0.15, -0.1) is 0 Å². The highest BCUT2D eigenvalue weighted by Gasteiger charge is 2.28. The van der Waals surface area contributed by atoms with Crippen LogP contribution in [0.15, 0.2) is 36.5 Å². The fourth-order valence-electron chi connectivity index (χ4n) is 5.14. The summed E-state index contributed by atoms with van der Waals surface area (Å²) < 4.78 is 2.25. The molecule has 2 aliphatic carbocycles. The molecular weight excluding hydrogens is 386 g/mol. The third kappa shape index (κ3) is 5.24. The van der Waals surface area contributed by atoms with E-state index in [4.69, 9.17) is 5.73 Å². The van der Waals surface area contributed by atoms with E-state index < -0.39 is 0 Å². The molecule has 2 fully saturated rings. The Bertz CT molecular complexity index is 856. The first kappa shape index (κ1) is 21.8. The first-order valence-electron chi connectivity index (χ1n) is 11.9. The Morgan fingerprint density at radius 1 is 1.03 bits per heavy atom. The standard InChI is InChI=1S/C25H37N5O/c1-27-25(31)23-22(29-21-15-9-8-14-20(21)26)17-30(16-18-10-4-2-5-11-18)24(23)28-19-12-6-3-7-13-19/h3,6-7,12-13,17-18,20-21,28-29H,2,4-5,8-11,14-16,26H2,1H3,(H,27,31)/t20-,21+/m1/s1. The lowest BCUT2D eigenvalue weighted by Gasteiger charge is -2.30. The number of rotatable bonds is 7. The minimum atomic E-state index is -0.0762. The average Bonchev–Trinajstić information content (AvgIpc) is 3.12. The maximum atomic E-state index is 13.0. The number of hydrogen-bond donors (Lipinski definition) is 4. The Kier molecular flexibility index (Phi) is 7.17. The molecule has 0 radical (unpaired) electrons. The molecule has 2 aromatic rings. The summed E-state index contributed by atoms with van der Waals surface area (Å²) in [6, 6.07) is 10.4. The van der Waals surface area contributed by atoms with Crippen LogP contribution in [0.1, 0.15) is 68.1 Å². The van der Waals surface area contributed by atoms with E-state index in [9.17, 15) is 4.79 Å². The fraction of sp³-hybridized carbons (Fsp3) is 0.560. The van der Waals surface area contributed by atoms with Gasteiger partial charge in [0.25, 0.3) is 5.91 Å². The van der Waals surface area contributed by atoms with Crippen LogP contribution in [0.5, 0.6) is 0 Å². The van der Waals surface area contributed by atoms with E-state index in [0.29, 0.717) is 11.5 Å². The van der Waals surface area contributed by atoms with Crippen molar-refractivity contribution in [3.63, 3.8) is 0 Å². The minimum absolute atomic E-state index is 0.0762. The van der Waals surface area contributed by atoms with Crippen LogP contribution in [0.4, 0.5) is 17.2 Å². The maximum Gasteiger partial charge on any atom is 0.256 e. The maximum absolute atomic E-state index is 13.0. The highest BCUT2D eigenvalue weighted by molar-refractivity contribution is 6.05. The number of carbonyl (C=O) groups excluding carboxylic acids is 1. The molecule has 6 nitrogen and oxygen atoms in total. The van der Waals surface area contributed by atoms with E-state index in [1.54, 1.807) is 7.05 Å². The van der Waals surface area contributed by atoms with Crippen LogP contribution in [0.3, 0.4) is 0 Å². The molecule has 0 saturated heterocycles. The minimum Gasteiger partial charge on any atom is -0.379 e. The van der Waals surface area contributed by atoms with Gasteiger partial charge in [0.05, 0.1) is 5.69 Å². The van der Waals surface area contributed by atoms with Crippen molar-refractivity contribution in [3.05, 3.63) is 42.1 Å². The van der Waals surface area contributed by atoms with Gasteiger partial charge in [0.2, 0.25) is 0 Å². The predicted octanol–water partition coefficient (Wildman–Crippen LogP) is 4.85. The van der Waals surface area contributed by atoms with Gasteiger partial charge in [-0.05, 0) is 43.7 Å². The molecule has 1 heterocycles. The number of anilines is 3. The van der Waals surface area contributed by atoms with Crippen LogP contribution in [0.25, 0.3) is 0 Å². The third-order valence-electron chi connectivity index (χ3n) is 6.91. The van der Waals surface area contributed by atoms with E-state index in [2.05, 4.69) is 26.7 Å². The van der Waals surface area contributed by atoms with Crippen LogP contribution in [-0.4, -0.2) is 29.6 Å². The zero-order valence-electron chi connectivity index (χ0n) is 18.7. The number of para-hydroxylation sites is 1. The Morgan fingerprint density at radius 3 is 2.45 bits per heavy atom. The van der Waals surface area contributed by atoms with Crippen LogP contribution in [-0.2, 0) is 6.54 Å². The van der Waals surface area contributed by atoms with Crippen molar-refractivity contribution in [3.8, 4) is 0 Å². The summed E-state index contributed by atoms with van der Waals surface area (Å²) in [5.74, 6) is 1.44. The van der Waals surface area contributed by atoms with E-state index >= 15 is 0 Å². The zero-order valence-corrected chi connectivity index (χ0v) is 18.7. The van der Waals surface area contributed by atoms with Gasteiger partial charge >= 0.3 is 0 Å². The SMILES string of the molecule is CNC(=O)c1c(N[C@H]2CCCC[C@H]2N)cn(CC2CCCCC2)c1Nc1ccccc1. The number of nitrogens with zero attached hydrogens (tertiary/aromatic N) is 1. The van der Waals surface area contributed by atoms with E-state index in [-0.39, 0.29) is 18.0 Å². The van der Waals surface area contributed by atoms with Gasteiger partial charge in [-0.25, -0.2) is 0 Å². The number of nitrogens with one attached hydrogen (secondary N) is 3. The van der Waals surface area contributed by atoms with Gasteiger partial charge < -0.3 is 26.3 Å². The molecule has 0 spiro atoms. The number of benzene rings is 1. The smallest absolute Gasteiger partial charge is 0.256 e. The van der Waals surface area contributed by atoms with Gasteiger partial charge in [-0.1, -0.05) is 50.3 Å². The molecule has 31 heavy (non-hydrogen) atoms. The molecular formula is C25H37N5O. The molecule has 1 aromatic carbocycles. The van der Waals surface area contributed by atoms with Crippen molar-refractivity contribution in [1.82, 2.24) is 9.88 Å². The molecule has 5 N–H and O–H groups in total. The van der Waals surface area contributed by atoms with Crippen molar-refractivity contribution < 1.29 is 4.79 Å². The van der Waals surface area contributed by atoms with Gasteiger partial charge in [-0.2, -0.15) is 0 Å². The molecule has 1 amide bonds. The largest absolute Gasteiger partial charge is 0.379 e. The lowest BCUT2D eigenvalue weighted by molar-refractivity contribution is 0.0964.